The van der Waals surface area contributed by atoms with Gasteiger partial charge in [-0.15, -0.1) is 0 Å². The first kappa shape index (κ1) is 17.0. The van der Waals surface area contributed by atoms with E-state index in [1.54, 1.807) is 12.1 Å². The second-order valence-electron chi connectivity index (χ2n) is 6.17. The van der Waals surface area contributed by atoms with Gasteiger partial charge in [0, 0.05) is 11.0 Å². The lowest BCUT2D eigenvalue weighted by atomic mass is 9.72. The van der Waals surface area contributed by atoms with E-state index >= 15 is 0 Å². The molecule has 2 aromatic carbocycles. The molecular formula is C20H24NO2+. The monoisotopic (exact) mass is 310 g/mol. The van der Waals surface area contributed by atoms with Crippen LogP contribution in [0.15, 0.2) is 60.7 Å². The molecular weight excluding hydrogens is 286 g/mol. The lowest BCUT2D eigenvalue weighted by Crippen LogP contribution is -2.73. The van der Waals surface area contributed by atoms with Crippen molar-refractivity contribution in [1.82, 2.24) is 0 Å². The quantitative estimate of drug-likeness (QED) is 0.635. The topological polar surface area (TPSA) is 53.9 Å². The number of nitrogens with two attached hydrogens (primary N) is 1. The fraction of sp³-hybridized carbons (Fsp3) is 0.250. The van der Waals surface area contributed by atoms with E-state index in [0.717, 1.165) is 17.6 Å². The summed E-state index contributed by atoms with van der Waals surface area (Å²) in [4.78, 5) is 11.0. The number of hydrogen-bond acceptors (Lipinski definition) is 1. The first-order valence-corrected chi connectivity index (χ1v) is 7.75. The van der Waals surface area contributed by atoms with Crippen LogP contribution in [-0.2, 0) is 11.8 Å². The van der Waals surface area contributed by atoms with Gasteiger partial charge in [-0.1, -0.05) is 49.4 Å². The van der Waals surface area contributed by atoms with Crippen molar-refractivity contribution >= 4 is 11.7 Å². The molecule has 2 rings (SSSR count). The first-order valence-electron chi connectivity index (χ1n) is 7.75. The Morgan fingerprint density at radius 1 is 1.17 bits per heavy atom. The Hall–Kier alpha value is -2.39. The summed E-state index contributed by atoms with van der Waals surface area (Å²) < 4.78 is 0. The second kappa shape index (κ2) is 6.80. The fourth-order valence-corrected chi connectivity index (χ4v) is 2.90. The molecule has 0 radical (unpaired) electrons. The van der Waals surface area contributed by atoms with E-state index in [0.29, 0.717) is 5.56 Å². The Morgan fingerprint density at radius 3 is 2.30 bits per heavy atom. The molecule has 0 saturated carbocycles. The summed E-state index contributed by atoms with van der Waals surface area (Å²) in [5, 5.41) is 11.1. The van der Waals surface area contributed by atoms with Crippen LogP contribution in [0, 0.1) is 0 Å². The Morgan fingerprint density at radius 2 is 1.78 bits per heavy atom. The molecule has 0 aliphatic carbocycles. The molecule has 0 fully saturated rings. The average Bonchev–Trinajstić information content (AvgIpc) is 2.55. The average molecular weight is 310 g/mol. The van der Waals surface area contributed by atoms with Crippen molar-refractivity contribution in [1.29, 1.82) is 0 Å². The van der Waals surface area contributed by atoms with Crippen LogP contribution < -0.4 is 5.32 Å². The van der Waals surface area contributed by atoms with E-state index in [1.165, 1.54) is 11.3 Å². The zero-order chi connectivity index (χ0) is 17.0. The number of hydrogen-bond donors (Lipinski definition) is 2. The Balaban J connectivity index is 2.41. The molecule has 0 saturated heterocycles. The third-order valence-corrected chi connectivity index (χ3v) is 4.57. The van der Waals surface area contributed by atoms with E-state index in [1.807, 2.05) is 25.2 Å². The van der Waals surface area contributed by atoms with Crippen molar-refractivity contribution in [2.45, 2.75) is 25.7 Å². The van der Waals surface area contributed by atoms with Crippen LogP contribution in [0.25, 0.3) is 0 Å². The van der Waals surface area contributed by atoms with Crippen molar-refractivity contribution < 1.29 is 15.2 Å². The number of quaternary nitrogens is 1. The molecule has 0 aliphatic rings. The van der Waals surface area contributed by atoms with Crippen LogP contribution in [0.5, 0.6) is 0 Å². The number of carboxylic acids is 1. The highest BCUT2D eigenvalue weighted by molar-refractivity contribution is 5.87. The van der Waals surface area contributed by atoms with Crippen molar-refractivity contribution in [2.75, 3.05) is 7.05 Å². The minimum absolute atomic E-state index is 0.201. The highest BCUT2D eigenvalue weighted by atomic mass is 16.4. The molecule has 0 aromatic heterocycles. The van der Waals surface area contributed by atoms with E-state index in [4.69, 9.17) is 5.11 Å². The third-order valence-electron chi connectivity index (χ3n) is 4.57. The summed E-state index contributed by atoms with van der Waals surface area (Å²) in [5.41, 5.74) is 4.76. The van der Waals surface area contributed by atoms with Gasteiger partial charge >= 0.3 is 5.97 Å². The summed E-state index contributed by atoms with van der Waals surface area (Å²) in [6.07, 6.45) is 0.785. The molecule has 0 aliphatic heterocycles. The number of carboxylic acid groups (broad SMARTS) is 1. The number of benzene rings is 2. The van der Waals surface area contributed by atoms with Gasteiger partial charge in [0.25, 0.3) is 0 Å². The molecule has 23 heavy (non-hydrogen) atoms. The highest BCUT2D eigenvalue weighted by Crippen LogP contribution is 2.37. The van der Waals surface area contributed by atoms with Gasteiger partial charge in [0.05, 0.1) is 12.6 Å². The third kappa shape index (κ3) is 3.51. The van der Waals surface area contributed by atoms with Crippen LogP contribution >= 0.6 is 0 Å². The second-order valence-corrected chi connectivity index (χ2v) is 6.17. The molecule has 0 spiro atoms. The molecule has 3 heteroatoms. The summed E-state index contributed by atoms with van der Waals surface area (Å²) >= 11 is 0. The van der Waals surface area contributed by atoms with Crippen LogP contribution in [0.2, 0.25) is 0 Å². The molecule has 1 atom stereocenters. The number of allylic oxidation sites excluding steroid dienone is 1. The van der Waals surface area contributed by atoms with Gasteiger partial charge in [0.1, 0.15) is 5.69 Å². The molecule has 0 amide bonds. The SMILES string of the molecule is C=C(C)C(C)(Cc1ccc(C(=O)O)cc1)c1ccccc1[NH2+]C. The fourth-order valence-electron chi connectivity index (χ4n) is 2.90. The van der Waals surface area contributed by atoms with Crippen molar-refractivity contribution in [2.24, 2.45) is 0 Å². The molecule has 2 aromatic rings. The maximum absolute atomic E-state index is 11.0. The minimum Gasteiger partial charge on any atom is -0.478 e. The van der Waals surface area contributed by atoms with E-state index < -0.39 is 5.97 Å². The van der Waals surface area contributed by atoms with Gasteiger partial charge in [-0.25, -0.2) is 4.79 Å². The predicted molar refractivity (Wildman–Crippen MR) is 93.2 cm³/mol. The van der Waals surface area contributed by atoms with Gasteiger partial charge in [-0.2, -0.15) is 0 Å². The van der Waals surface area contributed by atoms with Crippen molar-refractivity contribution in [3.8, 4) is 0 Å². The first-order chi connectivity index (χ1) is 10.9. The number of rotatable bonds is 6. The molecule has 0 heterocycles. The van der Waals surface area contributed by atoms with Crippen LogP contribution in [-0.4, -0.2) is 18.1 Å². The maximum atomic E-state index is 11.0. The normalized spacial score (nSPS) is 13.3. The Bertz CT molecular complexity index is 719. The number of para-hydroxylation sites is 1. The zero-order valence-electron chi connectivity index (χ0n) is 14.0. The molecule has 3 nitrogen and oxygen atoms in total. The lowest BCUT2D eigenvalue weighted by Gasteiger charge is -2.31. The van der Waals surface area contributed by atoms with Crippen LogP contribution in [0.3, 0.4) is 0 Å². The smallest absolute Gasteiger partial charge is 0.335 e. The van der Waals surface area contributed by atoms with Gasteiger partial charge in [0.15, 0.2) is 0 Å². The minimum atomic E-state index is -0.898. The summed E-state index contributed by atoms with van der Waals surface area (Å²) in [6, 6.07) is 15.5. The number of aromatic carboxylic acids is 1. The van der Waals surface area contributed by atoms with E-state index in [2.05, 4.69) is 43.9 Å². The predicted octanol–water partition coefficient (Wildman–Crippen LogP) is 3.29. The maximum Gasteiger partial charge on any atom is 0.335 e. The summed E-state index contributed by atoms with van der Waals surface area (Å²) in [5.74, 6) is -0.898. The standard InChI is InChI=1S/C20H23NO2/c1-14(2)20(3,17-7-5-6-8-18(17)21-4)13-15-9-11-16(12-10-15)19(22)23/h5-12,21H,1,13H2,2-4H3,(H,22,23)/p+1. The van der Waals surface area contributed by atoms with Gasteiger partial charge in [-0.3, -0.25) is 0 Å². The number of carbonyl (C=O) groups is 1. The molecule has 1 unspecified atom stereocenters. The molecule has 120 valence electrons. The summed E-state index contributed by atoms with van der Waals surface area (Å²) in [6.45, 7) is 8.46. The Kier molecular flexibility index (Phi) is 5.02. The van der Waals surface area contributed by atoms with Crippen molar-refractivity contribution in [3.63, 3.8) is 0 Å². The van der Waals surface area contributed by atoms with Crippen LogP contribution in [0.4, 0.5) is 5.69 Å². The van der Waals surface area contributed by atoms with Gasteiger partial charge in [0.2, 0.25) is 0 Å². The molecule has 3 N–H and O–H groups in total. The Labute approximate surface area is 137 Å². The van der Waals surface area contributed by atoms with Crippen molar-refractivity contribution in [3.05, 3.63) is 77.4 Å². The lowest BCUT2D eigenvalue weighted by molar-refractivity contribution is -0.540. The largest absolute Gasteiger partial charge is 0.478 e. The van der Waals surface area contributed by atoms with Crippen LogP contribution in [0.1, 0.15) is 35.3 Å². The van der Waals surface area contributed by atoms with E-state index in [9.17, 15) is 4.79 Å². The highest BCUT2D eigenvalue weighted by Gasteiger charge is 2.31. The van der Waals surface area contributed by atoms with Gasteiger partial charge < -0.3 is 10.4 Å². The summed E-state index contributed by atoms with van der Waals surface area (Å²) in [7, 11) is 2.04. The molecule has 0 bridgehead atoms. The van der Waals surface area contributed by atoms with Gasteiger partial charge in [-0.05, 0) is 37.1 Å². The zero-order valence-corrected chi connectivity index (χ0v) is 14.0. The van der Waals surface area contributed by atoms with E-state index in [-0.39, 0.29) is 5.41 Å².